The fourth-order valence-electron chi connectivity index (χ4n) is 5.96. The molecule has 0 amide bonds. The van der Waals surface area contributed by atoms with Gasteiger partial charge in [0.15, 0.2) is 0 Å². The molecule has 0 radical (unpaired) electrons. The van der Waals surface area contributed by atoms with E-state index in [9.17, 15) is 0 Å². The average molecular weight is 491 g/mol. The van der Waals surface area contributed by atoms with Crippen LogP contribution in [-0.4, -0.2) is 38.6 Å². The Kier molecular flexibility index (Phi) is 5.35. The zero-order valence-electron chi connectivity index (χ0n) is 21.2. The molecule has 0 bridgehead atoms. The first kappa shape index (κ1) is 22.6. The van der Waals surface area contributed by atoms with Crippen LogP contribution in [0.3, 0.4) is 0 Å². The maximum absolute atomic E-state index is 6.04. The van der Waals surface area contributed by atoms with Gasteiger partial charge in [0.1, 0.15) is 36.9 Å². The summed E-state index contributed by atoms with van der Waals surface area (Å²) in [6, 6.07) is 30.7. The van der Waals surface area contributed by atoms with E-state index in [0.29, 0.717) is 13.2 Å². The summed E-state index contributed by atoms with van der Waals surface area (Å²) in [7, 11) is 0. The molecule has 2 unspecified atom stereocenters. The molecular formula is C33H30O4. The fourth-order valence-corrected chi connectivity index (χ4v) is 5.96. The quantitative estimate of drug-likeness (QED) is 0.242. The van der Waals surface area contributed by atoms with E-state index in [1.807, 2.05) is 0 Å². The van der Waals surface area contributed by atoms with Crippen LogP contribution in [-0.2, 0) is 14.9 Å². The molecule has 4 aromatic rings. The van der Waals surface area contributed by atoms with Crippen molar-refractivity contribution in [2.24, 2.45) is 0 Å². The van der Waals surface area contributed by atoms with E-state index in [0.717, 1.165) is 24.7 Å². The lowest BCUT2D eigenvalue weighted by atomic mass is 9.65. The first-order chi connectivity index (χ1) is 18.1. The zero-order chi connectivity index (χ0) is 25.0. The highest BCUT2D eigenvalue weighted by atomic mass is 16.6. The van der Waals surface area contributed by atoms with Gasteiger partial charge >= 0.3 is 0 Å². The summed E-state index contributed by atoms with van der Waals surface area (Å²) in [5.41, 5.74) is 9.68. The van der Waals surface area contributed by atoms with Gasteiger partial charge in [-0.15, -0.1) is 0 Å². The molecule has 7 rings (SSSR count). The number of aryl methyl sites for hydroxylation is 2. The number of rotatable bonds is 8. The largest absolute Gasteiger partial charge is 0.491 e. The fraction of sp³-hybridized carbons (Fsp3) is 0.273. The Bertz CT molecular complexity index is 1370. The molecule has 4 aromatic carbocycles. The van der Waals surface area contributed by atoms with Gasteiger partial charge in [0.2, 0.25) is 0 Å². The van der Waals surface area contributed by atoms with Crippen LogP contribution >= 0.6 is 0 Å². The minimum atomic E-state index is -0.447. The standard InChI is InChI=1S/C33H30O4/c1-21-15-23(34-17-25-19-36-25)11-13-29(21)33(30-14-12-24(16-22(30)2)35-18-26-20-37-26)31-9-5-3-7-27(31)28-8-4-6-10-32(28)33/h3-16,25-26H,17-20H2,1-2H3. The lowest BCUT2D eigenvalue weighted by Crippen LogP contribution is -2.30. The Hall–Kier alpha value is -3.60. The molecule has 4 heteroatoms. The average Bonchev–Trinajstić information content (AvgIpc) is 3.85. The summed E-state index contributed by atoms with van der Waals surface area (Å²) in [4.78, 5) is 0. The third-order valence-electron chi connectivity index (χ3n) is 7.83. The molecule has 2 heterocycles. The van der Waals surface area contributed by atoms with Crippen LogP contribution in [0.4, 0.5) is 0 Å². The first-order valence-corrected chi connectivity index (χ1v) is 13.0. The van der Waals surface area contributed by atoms with Gasteiger partial charge in [0.05, 0.1) is 18.6 Å². The van der Waals surface area contributed by atoms with E-state index >= 15 is 0 Å². The van der Waals surface area contributed by atoms with Crippen molar-refractivity contribution < 1.29 is 18.9 Å². The smallest absolute Gasteiger partial charge is 0.119 e. The van der Waals surface area contributed by atoms with Gasteiger partial charge in [-0.3, -0.25) is 0 Å². The summed E-state index contributed by atoms with van der Waals surface area (Å²) in [5.74, 6) is 1.77. The highest BCUT2D eigenvalue weighted by Crippen LogP contribution is 2.57. The van der Waals surface area contributed by atoms with Crippen LogP contribution in [0.25, 0.3) is 11.1 Å². The predicted molar refractivity (Wildman–Crippen MR) is 144 cm³/mol. The van der Waals surface area contributed by atoms with Crippen LogP contribution in [0.5, 0.6) is 11.5 Å². The maximum atomic E-state index is 6.04. The summed E-state index contributed by atoms with van der Waals surface area (Å²) in [6.45, 7) is 7.18. The molecule has 0 N–H and O–H groups in total. The molecule has 0 spiro atoms. The summed E-state index contributed by atoms with van der Waals surface area (Å²) >= 11 is 0. The summed E-state index contributed by atoms with van der Waals surface area (Å²) < 4.78 is 22.8. The van der Waals surface area contributed by atoms with Crippen molar-refractivity contribution in [3.8, 4) is 22.6 Å². The number of fused-ring (bicyclic) bond motifs is 3. The second-order valence-electron chi connectivity index (χ2n) is 10.3. The summed E-state index contributed by atoms with van der Waals surface area (Å²) in [6.07, 6.45) is 0.463. The van der Waals surface area contributed by atoms with Crippen molar-refractivity contribution in [3.63, 3.8) is 0 Å². The van der Waals surface area contributed by atoms with Crippen LogP contribution < -0.4 is 9.47 Å². The number of epoxide rings is 2. The molecule has 0 aromatic heterocycles. The molecule has 2 atom stereocenters. The molecule has 186 valence electrons. The Morgan fingerprint density at radius 1 is 0.622 bits per heavy atom. The van der Waals surface area contributed by atoms with Gasteiger partial charge < -0.3 is 18.9 Å². The zero-order valence-corrected chi connectivity index (χ0v) is 21.2. The summed E-state index contributed by atoms with van der Waals surface area (Å²) in [5, 5.41) is 0. The second-order valence-corrected chi connectivity index (χ2v) is 10.3. The Morgan fingerprint density at radius 3 is 1.46 bits per heavy atom. The SMILES string of the molecule is Cc1cc(OCC2CO2)ccc1C1(c2ccc(OCC3CO3)cc2C)c2ccccc2-c2ccccc21. The number of hydrogen-bond donors (Lipinski definition) is 0. The van der Waals surface area contributed by atoms with Gasteiger partial charge in [-0.1, -0.05) is 60.7 Å². The monoisotopic (exact) mass is 490 g/mol. The molecular weight excluding hydrogens is 460 g/mol. The normalized spacial score (nSPS) is 20.2. The molecule has 37 heavy (non-hydrogen) atoms. The van der Waals surface area contributed by atoms with Crippen LogP contribution in [0.2, 0.25) is 0 Å². The van der Waals surface area contributed by atoms with Crippen LogP contribution in [0, 0.1) is 13.8 Å². The molecule has 2 fully saturated rings. The highest BCUT2D eigenvalue weighted by molar-refractivity contribution is 5.87. The van der Waals surface area contributed by atoms with E-state index in [-0.39, 0.29) is 12.2 Å². The van der Waals surface area contributed by atoms with Gasteiger partial charge in [-0.05, 0) is 82.6 Å². The minimum Gasteiger partial charge on any atom is -0.491 e. The number of hydrogen-bond acceptors (Lipinski definition) is 4. The molecule has 1 aliphatic carbocycles. The Labute approximate surface area is 217 Å². The molecule has 2 aliphatic heterocycles. The number of benzene rings is 4. The van der Waals surface area contributed by atoms with Gasteiger partial charge in [0, 0.05) is 0 Å². The Morgan fingerprint density at radius 2 is 1.05 bits per heavy atom. The van der Waals surface area contributed by atoms with E-state index in [4.69, 9.17) is 18.9 Å². The van der Waals surface area contributed by atoms with Gasteiger partial charge in [0.25, 0.3) is 0 Å². The molecule has 0 saturated carbocycles. The lowest BCUT2D eigenvalue weighted by Gasteiger charge is -2.36. The maximum Gasteiger partial charge on any atom is 0.119 e. The second kappa shape index (κ2) is 8.76. The topological polar surface area (TPSA) is 43.5 Å². The van der Waals surface area contributed by atoms with Crippen molar-refractivity contribution in [1.29, 1.82) is 0 Å². The first-order valence-electron chi connectivity index (χ1n) is 13.0. The van der Waals surface area contributed by atoms with E-state index in [1.165, 1.54) is 44.5 Å². The van der Waals surface area contributed by atoms with Gasteiger partial charge in [-0.25, -0.2) is 0 Å². The van der Waals surface area contributed by atoms with Crippen LogP contribution in [0.15, 0.2) is 84.9 Å². The van der Waals surface area contributed by atoms with Crippen molar-refractivity contribution in [1.82, 2.24) is 0 Å². The van der Waals surface area contributed by atoms with Crippen molar-refractivity contribution >= 4 is 0 Å². The van der Waals surface area contributed by atoms with E-state index in [2.05, 4.69) is 98.8 Å². The predicted octanol–water partition coefficient (Wildman–Crippen LogP) is 6.22. The highest BCUT2D eigenvalue weighted by Gasteiger charge is 2.47. The minimum absolute atomic E-state index is 0.231. The van der Waals surface area contributed by atoms with E-state index in [1.54, 1.807) is 0 Å². The van der Waals surface area contributed by atoms with Crippen molar-refractivity contribution in [2.75, 3.05) is 26.4 Å². The van der Waals surface area contributed by atoms with E-state index < -0.39 is 5.41 Å². The lowest BCUT2D eigenvalue weighted by molar-refractivity contribution is 0.262. The number of ether oxygens (including phenoxy) is 4. The van der Waals surface area contributed by atoms with Gasteiger partial charge in [-0.2, -0.15) is 0 Å². The van der Waals surface area contributed by atoms with Crippen LogP contribution in [0.1, 0.15) is 33.4 Å². The molecule has 3 aliphatic rings. The van der Waals surface area contributed by atoms with Crippen molar-refractivity contribution in [3.05, 3.63) is 118 Å². The third-order valence-corrected chi connectivity index (χ3v) is 7.83. The molecule has 4 nitrogen and oxygen atoms in total. The third kappa shape index (κ3) is 3.83. The van der Waals surface area contributed by atoms with Crippen molar-refractivity contribution in [2.45, 2.75) is 31.5 Å². The Balaban J connectivity index is 1.42. The molecule has 2 saturated heterocycles.